The maximum atomic E-state index is 13.3. The van der Waals surface area contributed by atoms with E-state index in [2.05, 4.69) is 15.4 Å². The molecule has 4 rings (SSSR count). The minimum absolute atomic E-state index is 0.0158. The van der Waals surface area contributed by atoms with Crippen molar-refractivity contribution in [3.63, 3.8) is 0 Å². The van der Waals surface area contributed by atoms with E-state index in [1.807, 2.05) is 32.0 Å². The van der Waals surface area contributed by atoms with Crippen LogP contribution in [0.25, 0.3) is 5.82 Å². The second-order valence-electron chi connectivity index (χ2n) is 8.48. The van der Waals surface area contributed by atoms with Gasteiger partial charge in [0.15, 0.2) is 5.82 Å². The predicted octanol–water partition coefficient (Wildman–Crippen LogP) is 3.83. The number of anilines is 1. The number of rotatable bonds is 7. The van der Waals surface area contributed by atoms with Gasteiger partial charge in [0.1, 0.15) is 5.75 Å². The number of aromatic nitrogens is 3. The summed E-state index contributed by atoms with van der Waals surface area (Å²) in [4.78, 5) is 17.8. The van der Waals surface area contributed by atoms with E-state index in [-0.39, 0.29) is 16.5 Å². The number of methoxy groups -OCH3 is 1. The fourth-order valence-electron chi connectivity index (χ4n) is 4.14. The van der Waals surface area contributed by atoms with Gasteiger partial charge in [0.05, 0.1) is 35.1 Å². The van der Waals surface area contributed by atoms with Crippen LogP contribution in [0.4, 0.5) is 5.69 Å². The Morgan fingerprint density at radius 2 is 1.88 bits per heavy atom. The standard InChI is InChI=1S/C24H29N5O4S/c1-17(2)23-19(16-26-29(23)22-9-5-6-12-25-22)24(30)27-20-15-18(10-11-21(20)33-3)34(31,32)28-13-7-4-8-14-28/h5-6,9-12,15-17H,4,7-8,13-14H2,1-3H3,(H,27,30). The Hall–Kier alpha value is -3.24. The number of nitrogens with one attached hydrogen (secondary N) is 1. The lowest BCUT2D eigenvalue weighted by Gasteiger charge is -2.26. The van der Waals surface area contributed by atoms with E-state index in [0.29, 0.717) is 35.9 Å². The van der Waals surface area contributed by atoms with E-state index in [0.717, 1.165) is 19.3 Å². The molecule has 1 aliphatic heterocycles. The first kappa shape index (κ1) is 23.9. The van der Waals surface area contributed by atoms with Crippen LogP contribution >= 0.6 is 0 Å². The number of amides is 1. The number of benzene rings is 1. The summed E-state index contributed by atoms with van der Waals surface area (Å²) >= 11 is 0. The molecule has 2 aromatic heterocycles. The van der Waals surface area contributed by atoms with Gasteiger partial charge in [-0.15, -0.1) is 0 Å². The number of piperidine rings is 1. The van der Waals surface area contributed by atoms with Gasteiger partial charge in [-0.1, -0.05) is 26.3 Å². The maximum Gasteiger partial charge on any atom is 0.259 e. The number of ether oxygens (including phenoxy) is 1. The lowest BCUT2D eigenvalue weighted by molar-refractivity contribution is 0.102. The van der Waals surface area contributed by atoms with E-state index < -0.39 is 15.9 Å². The Morgan fingerprint density at radius 3 is 2.53 bits per heavy atom. The highest BCUT2D eigenvalue weighted by atomic mass is 32.2. The van der Waals surface area contributed by atoms with Crippen molar-refractivity contribution >= 4 is 21.6 Å². The summed E-state index contributed by atoms with van der Waals surface area (Å²) in [7, 11) is -2.19. The van der Waals surface area contributed by atoms with Gasteiger partial charge in [-0.05, 0) is 49.1 Å². The molecule has 0 atom stereocenters. The molecule has 10 heteroatoms. The summed E-state index contributed by atoms with van der Waals surface area (Å²) in [6.07, 6.45) is 5.88. The molecule has 0 spiro atoms. The van der Waals surface area contributed by atoms with Gasteiger partial charge in [0.2, 0.25) is 10.0 Å². The van der Waals surface area contributed by atoms with Crippen molar-refractivity contribution in [2.75, 3.05) is 25.5 Å². The number of hydrogen-bond acceptors (Lipinski definition) is 6. The maximum absolute atomic E-state index is 13.3. The summed E-state index contributed by atoms with van der Waals surface area (Å²) < 4.78 is 34.8. The Kier molecular flexibility index (Phi) is 6.99. The van der Waals surface area contributed by atoms with Crippen molar-refractivity contribution in [3.05, 3.63) is 60.0 Å². The van der Waals surface area contributed by atoms with Crippen molar-refractivity contribution in [1.82, 2.24) is 19.1 Å². The molecule has 1 amide bonds. The van der Waals surface area contributed by atoms with E-state index in [1.54, 1.807) is 16.9 Å². The van der Waals surface area contributed by atoms with Crippen LogP contribution in [0.3, 0.4) is 0 Å². The van der Waals surface area contributed by atoms with E-state index in [1.165, 1.54) is 29.7 Å². The van der Waals surface area contributed by atoms with Crippen molar-refractivity contribution in [2.24, 2.45) is 0 Å². The molecule has 1 fully saturated rings. The average Bonchev–Trinajstić information content (AvgIpc) is 3.31. The molecule has 1 aromatic carbocycles. The fourth-order valence-corrected chi connectivity index (χ4v) is 5.68. The normalized spacial score (nSPS) is 14.8. The molecule has 1 aliphatic rings. The number of sulfonamides is 1. The van der Waals surface area contributed by atoms with E-state index in [9.17, 15) is 13.2 Å². The quantitative estimate of drug-likeness (QED) is 0.547. The van der Waals surface area contributed by atoms with Gasteiger partial charge in [-0.25, -0.2) is 18.1 Å². The molecule has 180 valence electrons. The monoisotopic (exact) mass is 483 g/mol. The van der Waals surface area contributed by atoms with E-state index in [4.69, 9.17) is 4.74 Å². The van der Waals surface area contributed by atoms with Crippen molar-refractivity contribution < 1.29 is 17.9 Å². The largest absolute Gasteiger partial charge is 0.495 e. The summed E-state index contributed by atoms with van der Waals surface area (Å²) in [5, 5.41) is 7.22. The zero-order chi connectivity index (χ0) is 24.3. The van der Waals surface area contributed by atoms with Crippen LogP contribution in [0.1, 0.15) is 55.1 Å². The van der Waals surface area contributed by atoms with Gasteiger partial charge in [-0.3, -0.25) is 4.79 Å². The Balaban J connectivity index is 1.67. The average molecular weight is 484 g/mol. The molecule has 9 nitrogen and oxygen atoms in total. The van der Waals surface area contributed by atoms with Crippen LogP contribution in [0.2, 0.25) is 0 Å². The van der Waals surface area contributed by atoms with Crippen LogP contribution in [0.15, 0.2) is 53.7 Å². The first-order valence-corrected chi connectivity index (χ1v) is 12.8. The highest BCUT2D eigenvalue weighted by Crippen LogP contribution is 2.31. The van der Waals surface area contributed by atoms with Crippen LogP contribution in [-0.2, 0) is 10.0 Å². The molecule has 0 bridgehead atoms. The van der Waals surface area contributed by atoms with Gasteiger partial charge in [0.25, 0.3) is 5.91 Å². The highest BCUT2D eigenvalue weighted by Gasteiger charge is 2.28. The zero-order valence-electron chi connectivity index (χ0n) is 19.6. The molecule has 0 unspecified atom stereocenters. The van der Waals surface area contributed by atoms with Gasteiger partial charge >= 0.3 is 0 Å². The molecule has 1 saturated heterocycles. The molecule has 1 N–H and O–H groups in total. The van der Waals surface area contributed by atoms with Crippen LogP contribution in [0.5, 0.6) is 5.75 Å². The predicted molar refractivity (Wildman–Crippen MR) is 129 cm³/mol. The smallest absolute Gasteiger partial charge is 0.259 e. The Labute approximate surface area is 199 Å². The minimum atomic E-state index is -3.66. The van der Waals surface area contributed by atoms with Gasteiger partial charge in [-0.2, -0.15) is 9.40 Å². The third-order valence-corrected chi connectivity index (χ3v) is 7.73. The topological polar surface area (TPSA) is 106 Å². The van der Waals surface area contributed by atoms with E-state index >= 15 is 0 Å². The lowest BCUT2D eigenvalue weighted by atomic mass is 10.1. The molecule has 0 saturated carbocycles. The summed E-state index contributed by atoms with van der Waals surface area (Å²) in [6.45, 7) is 4.94. The number of hydrogen-bond donors (Lipinski definition) is 1. The molecule has 0 radical (unpaired) electrons. The third-order valence-electron chi connectivity index (χ3n) is 5.84. The first-order chi connectivity index (χ1) is 16.3. The number of carbonyl (C=O) groups excluding carboxylic acids is 1. The summed E-state index contributed by atoms with van der Waals surface area (Å²) in [5.74, 6) is 0.557. The molecular weight excluding hydrogens is 454 g/mol. The summed E-state index contributed by atoms with van der Waals surface area (Å²) in [5.41, 5.74) is 1.37. The molecule has 0 aliphatic carbocycles. The lowest BCUT2D eigenvalue weighted by Crippen LogP contribution is -2.35. The van der Waals surface area contributed by atoms with Crippen molar-refractivity contribution in [3.8, 4) is 11.6 Å². The summed E-state index contributed by atoms with van der Waals surface area (Å²) in [6, 6.07) is 10.0. The highest BCUT2D eigenvalue weighted by molar-refractivity contribution is 7.89. The zero-order valence-corrected chi connectivity index (χ0v) is 20.4. The Bertz CT molecular complexity index is 1270. The van der Waals surface area contributed by atoms with Crippen LogP contribution < -0.4 is 10.1 Å². The molecule has 3 heterocycles. The van der Waals surface area contributed by atoms with Crippen LogP contribution in [0, 0.1) is 0 Å². The number of pyridine rings is 1. The SMILES string of the molecule is COc1ccc(S(=O)(=O)N2CCCCC2)cc1NC(=O)c1cnn(-c2ccccn2)c1C(C)C. The number of carbonyl (C=O) groups is 1. The third kappa shape index (κ3) is 4.69. The fraction of sp³-hybridized carbons (Fsp3) is 0.375. The minimum Gasteiger partial charge on any atom is -0.495 e. The van der Waals surface area contributed by atoms with Gasteiger partial charge in [0, 0.05) is 19.3 Å². The van der Waals surface area contributed by atoms with Crippen molar-refractivity contribution in [1.29, 1.82) is 0 Å². The van der Waals surface area contributed by atoms with Crippen molar-refractivity contribution in [2.45, 2.75) is 43.9 Å². The number of nitrogens with zero attached hydrogens (tertiary/aromatic N) is 4. The van der Waals surface area contributed by atoms with Crippen LogP contribution in [-0.4, -0.2) is 53.6 Å². The molecule has 3 aromatic rings. The van der Waals surface area contributed by atoms with Gasteiger partial charge < -0.3 is 10.1 Å². The first-order valence-electron chi connectivity index (χ1n) is 11.3. The second-order valence-corrected chi connectivity index (χ2v) is 10.4. The molecular formula is C24H29N5O4S. The second kappa shape index (κ2) is 9.94. The Morgan fingerprint density at radius 1 is 1.12 bits per heavy atom. The molecule has 34 heavy (non-hydrogen) atoms.